The summed E-state index contributed by atoms with van der Waals surface area (Å²) in [6, 6.07) is 21.3. The van der Waals surface area contributed by atoms with Gasteiger partial charge in [-0.25, -0.2) is 0 Å². The van der Waals surface area contributed by atoms with Crippen molar-refractivity contribution in [1.29, 1.82) is 10.8 Å². The van der Waals surface area contributed by atoms with Crippen LogP contribution in [0.1, 0.15) is 22.3 Å². The molecule has 4 nitrogen and oxygen atoms in total. The largest absolute Gasteiger partial charge is 0.508 e. The van der Waals surface area contributed by atoms with Gasteiger partial charge in [-0.05, 0) is 54.6 Å². The Hall–Kier alpha value is -3.40. The molecule has 124 valence electrons. The minimum absolute atomic E-state index is 0.173. The summed E-state index contributed by atoms with van der Waals surface area (Å²) in [7, 11) is 1.61. The van der Waals surface area contributed by atoms with Gasteiger partial charge in [-0.1, -0.05) is 18.2 Å². The molecule has 0 amide bonds. The molecule has 0 saturated heterocycles. The van der Waals surface area contributed by atoms with Crippen LogP contribution in [0.2, 0.25) is 0 Å². The van der Waals surface area contributed by atoms with E-state index in [1.165, 1.54) is 0 Å². The van der Waals surface area contributed by atoms with Crippen LogP contribution in [0.25, 0.3) is 0 Å². The van der Waals surface area contributed by atoms with E-state index < -0.39 is 0 Å². The second-order valence-electron chi connectivity index (χ2n) is 5.61. The van der Waals surface area contributed by atoms with Crippen LogP contribution in [0.5, 0.6) is 11.5 Å². The van der Waals surface area contributed by atoms with Gasteiger partial charge in [0.25, 0.3) is 0 Å². The third-order valence-electron chi connectivity index (χ3n) is 3.97. The Balaban J connectivity index is 1.88. The molecule has 0 spiro atoms. The highest BCUT2D eigenvalue weighted by Gasteiger charge is 2.09. The first kappa shape index (κ1) is 16.5. The van der Waals surface area contributed by atoms with Gasteiger partial charge in [-0.2, -0.15) is 0 Å². The lowest BCUT2D eigenvalue weighted by atomic mass is 9.96. The molecule has 0 fully saturated rings. The van der Waals surface area contributed by atoms with E-state index in [2.05, 4.69) is 0 Å². The average molecular weight is 330 g/mol. The Labute approximate surface area is 146 Å². The molecule has 0 aliphatic rings. The number of phenols is 1. The topological polar surface area (TPSA) is 77.2 Å². The Bertz CT molecular complexity index is 913. The molecule has 0 aromatic heterocycles. The summed E-state index contributed by atoms with van der Waals surface area (Å²) in [5.74, 6) is 0.922. The molecule has 25 heavy (non-hydrogen) atoms. The molecule has 0 aliphatic carbocycles. The van der Waals surface area contributed by atoms with Crippen LogP contribution in [0.15, 0.2) is 72.8 Å². The van der Waals surface area contributed by atoms with Crippen molar-refractivity contribution in [3.63, 3.8) is 0 Å². The van der Waals surface area contributed by atoms with E-state index in [1.54, 1.807) is 31.4 Å². The van der Waals surface area contributed by atoms with Crippen molar-refractivity contribution < 1.29 is 9.84 Å². The van der Waals surface area contributed by atoms with Gasteiger partial charge in [0.2, 0.25) is 0 Å². The maximum Gasteiger partial charge on any atom is 0.118 e. The lowest BCUT2D eigenvalue weighted by Crippen LogP contribution is -2.06. The fourth-order valence-electron chi connectivity index (χ4n) is 2.55. The number of ether oxygens (including phenoxy) is 1. The van der Waals surface area contributed by atoms with Crippen LogP contribution < -0.4 is 4.74 Å². The minimum Gasteiger partial charge on any atom is -0.508 e. The van der Waals surface area contributed by atoms with Crippen molar-refractivity contribution in [1.82, 2.24) is 0 Å². The molecule has 0 heterocycles. The number of aromatic hydroxyl groups is 1. The number of hydrogen-bond acceptors (Lipinski definition) is 4. The molecule has 0 saturated carbocycles. The van der Waals surface area contributed by atoms with Crippen molar-refractivity contribution in [3.8, 4) is 11.5 Å². The molecule has 4 heteroatoms. The summed E-state index contributed by atoms with van der Waals surface area (Å²) in [5.41, 5.74) is 3.71. The average Bonchev–Trinajstić information content (AvgIpc) is 2.67. The highest BCUT2D eigenvalue weighted by molar-refractivity contribution is 6.15. The smallest absolute Gasteiger partial charge is 0.118 e. The van der Waals surface area contributed by atoms with Crippen LogP contribution in [-0.2, 0) is 0 Å². The molecule has 0 unspecified atom stereocenters. The Morgan fingerprint density at radius 2 is 1.20 bits per heavy atom. The van der Waals surface area contributed by atoms with Gasteiger partial charge >= 0.3 is 0 Å². The van der Waals surface area contributed by atoms with E-state index in [1.807, 2.05) is 48.5 Å². The highest BCUT2D eigenvalue weighted by atomic mass is 16.5. The molecule has 0 bridgehead atoms. The van der Waals surface area contributed by atoms with Crippen LogP contribution in [-0.4, -0.2) is 23.6 Å². The van der Waals surface area contributed by atoms with Gasteiger partial charge in [-0.3, -0.25) is 10.8 Å². The molecule has 0 atom stereocenters. The predicted octanol–water partition coefficient (Wildman–Crippen LogP) is 4.23. The molecule has 3 aromatic carbocycles. The summed E-state index contributed by atoms with van der Waals surface area (Å²) in [6.07, 6.45) is 0. The summed E-state index contributed by atoms with van der Waals surface area (Å²) in [4.78, 5) is 0. The van der Waals surface area contributed by atoms with Crippen LogP contribution in [0.3, 0.4) is 0 Å². The molecular weight excluding hydrogens is 312 g/mol. The van der Waals surface area contributed by atoms with E-state index in [4.69, 9.17) is 15.6 Å². The van der Waals surface area contributed by atoms with Gasteiger partial charge in [0.1, 0.15) is 11.5 Å². The summed E-state index contributed by atoms with van der Waals surface area (Å²) >= 11 is 0. The van der Waals surface area contributed by atoms with Crippen molar-refractivity contribution >= 4 is 11.4 Å². The fraction of sp³-hybridized carbons (Fsp3) is 0.0476. The quantitative estimate of drug-likeness (QED) is 0.612. The van der Waals surface area contributed by atoms with Gasteiger partial charge in [0.15, 0.2) is 0 Å². The fourth-order valence-corrected chi connectivity index (χ4v) is 2.55. The summed E-state index contributed by atoms with van der Waals surface area (Å²) < 4.78 is 5.15. The SMILES string of the molecule is COc1ccc(C(=N)c2cccc(C(=N)c3ccc(O)cc3)c2)cc1. The first-order valence-corrected chi connectivity index (χ1v) is 7.80. The molecule has 3 N–H and O–H groups in total. The standard InChI is InChI=1S/C21H18N2O2/c1-25-19-11-7-15(8-12-19)21(23)17-4-2-3-16(13-17)20(22)14-5-9-18(24)10-6-14/h2-13,22-24H,1H3. The lowest BCUT2D eigenvalue weighted by molar-refractivity contribution is 0.415. The molecule has 0 aliphatic heterocycles. The number of rotatable bonds is 5. The van der Waals surface area contributed by atoms with E-state index in [-0.39, 0.29) is 5.75 Å². The Morgan fingerprint density at radius 3 is 1.68 bits per heavy atom. The monoisotopic (exact) mass is 330 g/mol. The number of nitrogens with one attached hydrogen (secondary N) is 2. The number of phenolic OH excluding ortho intramolecular Hbond substituents is 1. The molecule has 3 rings (SSSR count). The van der Waals surface area contributed by atoms with Crippen molar-refractivity contribution in [2.45, 2.75) is 0 Å². The number of hydrogen-bond donors (Lipinski definition) is 3. The highest BCUT2D eigenvalue weighted by Crippen LogP contribution is 2.18. The third-order valence-corrected chi connectivity index (χ3v) is 3.97. The van der Waals surface area contributed by atoms with Crippen LogP contribution in [0.4, 0.5) is 0 Å². The van der Waals surface area contributed by atoms with E-state index >= 15 is 0 Å². The van der Waals surface area contributed by atoms with E-state index in [0.29, 0.717) is 17.0 Å². The Kier molecular flexibility index (Phi) is 4.61. The van der Waals surface area contributed by atoms with Gasteiger partial charge in [0.05, 0.1) is 18.5 Å². The third kappa shape index (κ3) is 3.58. The van der Waals surface area contributed by atoms with Crippen LogP contribution in [0, 0.1) is 10.8 Å². The van der Waals surface area contributed by atoms with E-state index in [9.17, 15) is 5.11 Å². The maximum absolute atomic E-state index is 9.38. The molecule has 3 aromatic rings. The zero-order valence-electron chi connectivity index (χ0n) is 13.8. The van der Waals surface area contributed by atoms with Crippen LogP contribution >= 0.6 is 0 Å². The first-order chi connectivity index (χ1) is 12.1. The van der Waals surface area contributed by atoms with Gasteiger partial charge in [-0.15, -0.1) is 0 Å². The van der Waals surface area contributed by atoms with Gasteiger partial charge < -0.3 is 9.84 Å². The second kappa shape index (κ2) is 7.01. The zero-order chi connectivity index (χ0) is 17.8. The summed E-state index contributed by atoms with van der Waals surface area (Å²) in [5, 5.41) is 26.2. The van der Waals surface area contributed by atoms with Gasteiger partial charge in [0, 0.05) is 22.3 Å². The Morgan fingerprint density at radius 1 is 0.720 bits per heavy atom. The number of methoxy groups -OCH3 is 1. The molecule has 0 radical (unpaired) electrons. The lowest BCUT2D eigenvalue weighted by Gasteiger charge is -2.09. The minimum atomic E-state index is 0.173. The predicted molar refractivity (Wildman–Crippen MR) is 99.4 cm³/mol. The van der Waals surface area contributed by atoms with Crippen molar-refractivity contribution in [2.24, 2.45) is 0 Å². The first-order valence-electron chi connectivity index (χ1n) is 7.80. The van der Waals surface area contributed by atoms with E-state index in [0.717, 1.165) is 22.4 Å². The number of benzene rings is 3. The van der Waals surface area contributed by atoms with Crippen molar-refractivity contribution in [3.05, 3.63) is 95.1 Å². The normalized spacial score (nSPS) is 10.3. The zero-order valence-corrected chi connectivity index (χ0v) is 13.8. The molecular formula is C21H18N2O2. The second-order valence-corrected chi connectivity index (χ2v) is 5.61. The van der Waals surface area contributed by atoms with Crippen molar-refractivity contribution in [2.75, 3.05) is 7.11 Å². The summed E-state index contributed by atoms with van der Waals surface area (Å²) in [6.45, 7) is 0. The maximum atomic E-state index is 9.38.